The van der Waals surface area contributed by atoms with Gasteiger partial charge in [-0.1, -0.05) is 25.4 Å². The van der Waals surface area contributed by atoms with E-state index in [0.29, 0.717) is 18.1 Å². The smallest absolute Gasteiger partial charge is 0.252 e. The van der Waals surface area contributed by atoms with E-state index in [-0.39, 0.29) is 22.6 Å². The van der Waals surface area contributed by atoms with Crippen molar-refractivity contribution in [2.75, 3.05) is 13.1 Å². The van der Waals surface area contributed by atoms with E-state index < -0.39 is 0 Å². The fourth-order valence-corrected chi connectivity index (χ4v) is 1.97. The van der Waals surface area contributed by atoms with Gasteiger partial charge in [0.05, 0.1) is 10.6 Å². The maximum atomic E-state index is 12.0. The average Bonchev–Trinajstić information content (AvgIpc) is 2.36. The molecule has 0 unspecified atom stereocenters. The summed E-state index contributed by atoms with van der Waals surface area (Å²) in [5, 5.41) is 12.5. The SMILES string of the molecule is CC(C)(CCCN)CNC(=O)c1cc(O)ccc1Cl. The summed E-state index contributed by atoms with van der Waals surface area (Å²) in [5.41, 5.74) is 5.76. The molecule has 0 atom stereocenters. The fraction of sp³-hybridized carbons (Fsp3) is 0.500. The van der Waals surface area contributed by atoms with Crippen molar-refractivity contribution in [3.05, 3.63) is 28.8 Å². The van der Waals surface area contributed by atoms with Crippen LogP contribution in [0.1, 0.15) is 37.0 Å². The summed E-state index contributed by atoms with van der Waals surface area (Å²) < 4.78 is 0. The lowest BCUT2D eigenvalue weighted by molar-refractivity contribution is 0.0934. The van der Waals surface area contributed by atoms with Crippen molar-refractivity contribution >= 4 is 17.5 Å². The number of hydrogen-bond donors (Lipinski definition) is 3. The first kappa shape index (κ1) is 15.8. The number of aromatic hydroxyl groups is 1. The fourth-order valence-electron chi connectivity index (χ4n) is 1.77. The molecule has 0 bridgehead atoms. The maximum absolute atomic E-state index is 12.0. The number of benzene rings is 1. The predicted molar refractivity (Wildman–Crippen MR) is 77.5 cm³/mol. The van der Waals surface area contributed by atoms with Gasteiger partial charge in [0.15, 0.2) is 0 Å². The van der Waals surface area contributed by atoms with E-state index in [9.17, 15) is 9.90 Å². The van der Waals surface area contributed by atoms with Crippen molar-refractivity contribution in [3.63, 3.8) is 0 Å². The van der Waals surface area contributed by atoms with E-state index >= 15 is 0 Å². The molecule has 0 aliphatic heterocycles. The standard InChI is InChI=1S/C14H21ClN2O2/c1-14(2,6-3-7-16)9-17-13(19)11-8-10(18)4-5-12(11)15/h4-5,8,18H,3,6-7,9,16H2,1-2H3,(H,17,19). The Morgan fingerprint density at radius 3 is 2.79 bits per heavy atom. The first-order valence-corrected chi connectivity index (χ1v) is 6.70. The summed E-state index contributed by atoms with van der Waals surface area (Å²) in [6.07, 6.45) is 1.87. The summed E-state index contributed by atoms with van der Waals surface area (Å²) in [7, 11) is 0. The highest BCUT2D eigenvalue weighted by atomic mass is 35.5. The molecule has 1 rings (SSSR count). The highest BCUT2D eigenvalue weighted by molar-refractivity contribution is 6.33. The number of halogens is 1. The molecule has 0 heterocycles. The van der Waals surface area contributed by atoms with Crippen LogP contribution in [-0.4, -0.2) is 24.1 Å². The first-order valence-electron chi connectivity index (χ1n) is 6.32. The van der Waals surface area contributed by atoms with E-state index in [2.05, 4.69) is 19.2 Å². The lowest BCUT2D eigenvalue weighted by atomic mass is 9.87. The predicted octanol–water partition coefficient (Wildman–Crippen LogP) is 2.54. The van der Waals surface area contributed by atoms with Crippen LogP contribution in [0.5, 0.6) is 5.75 Å². The number of rotatable bonds is 6. The number of phenolic OH excluding ortho intramolecular Hbond substituents is 1. The monoisotopic (exact) mass is 284 g/mol. The van der Waals surface area contributed by atoms with Gasteiger partial charge >= 0.3 is 0 Å². The zero-order valence-corrected chi connectivity index (χ0v) is 12.1. The van der Waals surface area contributed by atoms with E-state index in [1.54, 1.807) is 0 Å². The molecule has 1 aromatic carbocycles. The number of phenols is 1. The number of carbonyl (C=O) groups excluding carboxylic acids is 1. The van der Waals surface area contributed by atoms with E-state index in [4.69, 9.17) is 17.3 Å². The van der Waals surface area contributed by atoms with Crippen LogP contribution < -0.4 is 11.1 Å². The normalized spacial score (nSPS) is 11.4. The van der Waals surface area contributed by atoms with E-state index in [1.807, 2.05) is 0 Å². The number of hydrogen-bond acceptors (Lipinski definition) is 3. The molecule has 4 N–H and O–H groups in total. The van der Waals surface area contributed by atoms with Crippen LogP contribution >= 0.6 is 11.6 Å². The molecule has 0 radical (unpaired) electrons. The first-order chi connectivity index (χ1) is 8.85. The Bertz CT molecular complexity index is 447. The zero-order valence-electron chi connectivity index (χ0n) is 11.4. The topological polar surface area (TPSA) is 75.3 Å². The molecule has 19 heavy (non-hydrogen) atoms. The molecule has 1 amide bonds. The van der Waals surface area contributed by atoms with Gasteiger partial charge in [0, 0.05) is 6.54 Å². The minimum atomic E-state index is -0.276. The van der Waals surface area contributed by atoms with Gasteiger partial charge < -0.3 is 16.2 Å². The minimum Gasteiger partial charge on any atom is -0.508 e. The third-order valence-electron chi connectivity index (χ3n) is 2.98. The van der Waals surface area contributed by atoms with Crippen molar-refractivity contribution in [3.8, 4) is 5.75 Å². The van der Waals surface area contributed by atoms with Gasteiger partial charge in [-0.15, -0.1) is 0 Å². The second kappa shape index (κ2) is 6.78. The van der Waals surface area contributed by atoms with Crippen LogP contribution in [0, 0.1) is 5.41 Å². The van der Waals surface area contributed by atoms with Gasteiger partial charge in [0.1, 0.15) is 5.75 Å². The van der Waals surface area contributed by atoms with E-state index in [0.717, 1.165) is 12.8 Å². The molecule has 0 aliphatic rings. The van der Waals surface area contributed by atoms with Gasteiger partial charge in [0.2, 0.25) is 0 Å². The van der Waals surface area contributed by atoms with Crippen LogP contribution in [0.2, 0.25) is 5.02 Å². The summed E-state index contributed by atoms with van der Waals surface area (Å²) in [4.78, 5) is 12.0. The molecule has 106 valence electrons. The molecular formula is C14H21ClN2O2. The minimum absolute atomic E-state index is 0.0155. The second-order valence-electron chi connectivity index (χ2n) is 5.40. The van der Waals surface area contributed by atoms with Gasteiger partial charge in [-0.25, -0.2) is 0 Å². The maximum Gasteiger partial charge on any atom is 0.252 e. The molecule has 0 saturated carbocycles. The Balaban J connectivity index is 2.62. The molecule has 0 fully saturated rings. The van der Waals surface area contributed by atoms with Gasteiger partial charge in [-0.3, -0.25) is 4.79 Å². The van der Waals surface area contributed by atoms with Gasteiger partial charge in [-0.2, -0.15) is 0 Å². The molecule has 0 aromatic heterocycles. The van der Waals surface area contributed by atoms with Crippen molar-refractivity contribution < 1.29 is 9.90 Å². The Hall–Kier alpha value is -1.26. The molecule has 5 heteroatoms. The summed E-state index contributed by atoms with van der Waals surface area (Å²) in [5.74, 6) is -0.251. The van der Waals surface area contributed by atoms with Crippen molar-refractivity contribution in [2.24, 2.45) is 11.1 Å². The lowest BCUT2D eigenvalue weighted by Crippen LogP contribution is -2.34. The quantitative estimate of drug-likeness (QED) is 0.751. The molecule has 0 saturated heterocycles. The summed E-state index contributed by atoms with van der Waals surface area (Å²) in [6, 6.07) is 4.32. The zero-order chi connectivity index (χ0) is 14.5. The average molecular weight is 285 g/mol. The van der Waals surface area contributed by atoms with Gasteiger partial charge in [0.25, 0.3) is 5.91 Å². The number of nitrogens with one attached hydrogen (secondary N) is 1. The number of carbonyl (C=O) groups is 1. The Morgan fingerprint density at radius 2 is 2.16 bits per heavy atom. The third kappa shape index (κ3) is 5.09. The van der Waals surface area contributed by atoms with Crippen molar-refractivity contribution in [1.82, 2.24) is 5.32 Å². The highest BCUT2D eigenvalue weighted by Crippen LogP contribution is 2.23. The van der Waals surface area contributed by atoms with Crippen molar-refractivity contribution in [2.45, 2.75) is 26.7 Å². The van der Waals surface area contributed by atoms with Crippen LogP contribution in [0.25, 0.3) is 0 Å². The van der Waals surface area contributed by atoms with Crippen molar-refractivity contribution in [1.29, 1.82) is 0 Å². The van der Waals surface area contributed by atoms with Crippen LogP contribution in [0.15, 0.2) is 18.2 Å². The molecular weight excluding hydrogens is 264 g/mol. The van der Waals surface area contributed by atoms with Crippen LogP contribution in [0.4, 0.5) is 0 Å². The van der Waals surface area contributed by atoms with Crippen LogP contribution in [-0.2, 0) is 0 Å². The Kier molecular flexibility index (Phi) is 5.63. The molecule has 0 spiro atoms. The van der Waals surface area contributed by atoms with E-state index in [1.165, 1.54) is 18.2 Å². The lowest BCUT2D eigenvalue weighted by Gasteiger charge is -2.24. The summed E-state index contributed by atoms with van der Waals surface area (Å²) in [6.45, 7) is 5.34. The molecule has 0 aliphatic carbocycles. The van der Waals surface area contributed by atoms with Gasteiger partial charge in [-0.05, 0) is 43.0 Å². The third-order valence-corrected chi connectivity index (χ3v) is 3.31. The summed E-state index contributed by atoms with van der Waals surface area (Å²) >= 11 is 5.94. The Labute approximate surface area is 118 Å². The highest BCUT2D eigenvalue weighted by Gasteiger charge is 2.19. The molecule has 4 nitrogen and oxygen atoms in total. The Morgan fingerprint density at radius 1 is 1.47 bits per heavy atom. The largest absolute Gasteiger partial charge is 0.508 e. The number of nitrogens with two attached hydrogens (primary N) is 1. The second-order valence-corrected chi connectivity index (χ2v) is 5.81. The molecule has 1 aromatic rings. The van der Waals surface area contributed by atoms with Crippen LogP contribution in [0.3, 0.4) is 0 Å². The number of amides is 1.